The summed E-state index contributed by atoms with van der Waals surface area (Å²) in [6.45, 7) is 1.85. The summed E-state index contributed by atoms with van der Waals surface area (Å²) in [6, 6.07) is 7.89. The molecule has 19 heavy (non-hydrogen) atoms. The maximum Gasteiger partial charge on any atom is 0.232 e. The van der Waals surface area contributed by atoms with E-state index in [9.17, 15) is 4.79 Å². The maximum absolute atomic E-state index is 11.9. The first-order valence-corrected chi connectivity index (χ1v) is 7.97. The lowest BCUT2D eigenvalue weighted by Gasteiger charge is -2.14. The summed E-state index contributed by atoms with van der Waals surface area (Å²) in [4.78, 5) is 14.2. The largest absolute Gasteiger partial charge is 0.389 e. The fourth-order valence-corrected chi connectivity index (χ4v) is 3.13. The van der Waals surface area contributed by atoms with Crippen LogP contribution in [0.1, 0.15) is 24.0 Å². The number of thiocarbonyl (C=S) groups is 1. The molecule has 0 spiro atoms. The summed E-state index contributed by atoms with van der Waals surface area (Å²) in [5.74, 6) is 1.63. The minimum atomic E-state index is 0.257. The molecular formula is C14H18N2OS2. The molecule has 1 aliphatic heterocycles. The summed E-state index contributed by atoms with van der Waals surface area (Å²) in [7, 11) is 0. The Morgan fingerprint density at radius 3 is 2.79 bits per heavy atom. The van der Waals surface area contributed by atoms with Gasteiger partial charge in [0.2, 0.25) is 5.91 Å². The van der Waals surface area contributed by atoms with Gasteiger partial charge in [0.05, 0.1) is 5.75 Å². The number of carbonyl (C=O) groups is 1. The standard InChI is InChI=1S/C14H18N2OS2/c15-14(18)12-5-3-4-11(8-12)9-19-10-13(17)16-6-1-2-7-16/h3-5,8H,1-2,6-7,9-10H2,(H2,15,18). The summed E-state index contributed by atoms with van der Waals surface area (Å²) in [6.07, 6.45) is 2.29. The summed E-state index contributed by atoms with van der Waals surface area (Å²) >= 11 is 6.60. The predicted octanol–water partition coefficient (Wildman–Crippen LogP) is 2.18. The first-order valence-electron chi connectivity index (χ1n) is 6.41. The van der Waals surface area contributed by atoms with Gasteiger partial charge in [0.15, 0.2) is 0 Å². The molecule has 1 saturated heterocycles. The Hall–Kier alpha value is -1.07. The molecule has 1 heterocycles. The number of carbonyl (C=O) groups excluding carboxylic acids is 1. The zero-order valence-electron chi connectivity index (χ0n) is 10.8. The average Bonchev–Trinajstić information content (AvgIpc) is 2.93. The van der Waals surface area contributed by atoms with Crippen molar-refractivity contribution in [3.05, 3.63) is 35.4 Å². The Morgan fingerprint density at radius 1 is 1.37 bits per heavy atom. The third-order valence-corrected chi connectivity index (χ3v) is 4.39. The normalized spacial score (nSPS) is 14.6. The summed E-state index contributed by atoms with van der Waals surface area (Å²) < 4.78 is 0. The summed E-state index contributed by atoms with van der Waals surface area (Å²) in [5, 5.41) is 0. The van der Waals surface area contributed by atoms with Crippen molar-refractivity contribution >= 4 is 34.9 Å². The van der Waals surface area contributed by atoms with E-state index in [1.165, 1.54) is 0 Å². The Labute approximate surface area is 123 Å². The zero-order valence-corrected chi connectivity index (χ0v) is 12.4. The highest BCUT2D eigenvalue weighted by Gasteiger charge is 2.17. The van der Waals surface area contributed by atoms with Crippen LogP contribution in [-0.4, -0.2) is 34.6 Å². The van der Waals surface area contributed by atoms with Gasteiger partial charge in [-0.05, 0) is 24.5 Å². The molecule has 0 bridgehead atoms. The number of rotatable bonds is 5. The van der Waals surface area contributed by atoms with Crippen LogP contribution in [0.3, 0.4) is 0 Å². The number of hydrogen-bond acceptors (Lipinski definition) is 3. The first kappa shape index (κ1) is 14.3. The van der Waals surface area contributed by atoms with E-state index in [0.29, 0.717) is 10.7 Å². The SMILES string of the molecule is NC(=S)c1cccc(CSCC(=O)N2CCCC2)c1. The van der Waals surface area contributed by atoms with Crippen molar-refractivity contribution < 1.29 is 4.79 Å². The number of nitrogens with two attached hydrogens (primary N) is 1. The van der Waals surface area contributed by atoms with E-state index in [1.807, 2.05) is 29.2 Å². The van der Waals surface area contributed by atoms with Crippen LogP contribution in [0.25, 0.3) is 0 Å². The molecule has 1 aromatic carbocycles. The highest BCUT2D eigenvalue weighted by molar-refractivity contribution is 7.99. The van der Waals surface area contributed by atoms with E-state index in [-0.39, 0.29) is 5.91 Å². The Morgan fingerprint density at radius 2 is 2.11 bits per heavy atom. The third kappa shape index (κ3) is 4.21. The van der Waals surface area contributed by atoms with Crippen molar-refractivity contribution in [2.45, 2.75) is 18.6 Å². The third-order valence-electron chi connectivity index (χ3n) is 3.16. The molecular weight excluding hydrogens is 276 g/mol. The number of hydrogen-bond donors (Lipinski definition) is 1. The maximum atomic E-state index is 11.9. The highest BCUT2D eigenvalue weighted by atomic mass is 32.2. The van der Waals surface area contributed by atoms with Crippen LogP contribution in [0, 0.1) is 0 Å². The number of nitrogens with zero attached hydrogens (tertiary/aromatic N) is 1. The molecule has 0 saturated carbocycles. The second-order valence-electron chi connectivity index (χ2n) is 4.65. The second-order valence-corrected chi connectivity index (χ2v) is 6.07. The van der Waals surface area contributed by atoms with E-state index in [1.54, 1.807) is 11.8 Å². The lowest BCUT2D eigenvalue weighted by atomic mass is 10.1. The van der Waals surface area contributed by atoms with Crippen molar-refractivity contribution in [2.24, 2.45) is 5.73 Å². The molecule has 0 radical (unpaired) electrons. The lowest BCUT2D eigenvalue weighted by Crippen LogP contribution is -2.29. The Balaban J connectivity index is 1.80. The molecule has 1 aromatic rings. The number of likely N-dealkylation sites (tertiary alicyclic amines) is 1. The van der Waals surface area contributed by atoms with Crippen molar-refractivity contribution in [3.63, 3.8) is 0 Å². The minimum Gasteiger partial charge on any atom is -0.389 e. The lowest BCUT2D eigenvalue weighted by molar-refractivity contribution is -0.127. The molecule has 102 valence electrons. The van der Waals surface area contributed by atoms with Gasteiger partial charge in [-0.15, -0.1) is 11.8 Å². The Kier molecular flexibility index (Phi) is 5.22. The topological polar surface area (TPSA) is 46.3 Å². The highest BCUT2D eigenvalue weighted by Crippen LogP contribution is 2.16. The van der Waals surface area contributed by atoms with Gasteiger partial charge in [-0.2, -0.15) is 0 Å². The quantitative estimate of drug-likeness (QED) is 0.846. The molecule has 0 aliphatic carbocycles. The van der Waals surface area contributed by atoms with Gasteiger partial charge >= 0.3 is 0 Å². The van der Waals surface area contributed by atoms with Gasteiger partial charge < -0.3 is 10.6 Å². The van der Waals surface area contributed by atoms with E-state index < -0.39 is 0 Å². The zero-order chi connectivity index (χ0) is 13.7. The van der Waals surface area contributed by atoms with E-state index in [2.05, 4.69) is 0 Å². The first-order chi connectivity index (χ1) is 9.16. The van der Waals surface area contributed by atoms with Crippen LogP contribution >= 0.6 is 24.0 Å². The fourth-order valence-electron chi connectivity index (χ4n) is 2.13. The number of benzene rings is 1. The molecule has 1 amide bonds. The fraction of sp³-hybridized carbons (Fsp3) is 0.429. The van der Waals surface area contributed by atoms with Gasteiger partial charge in [-0.1, -0.05) is 30.4 Å². The van der Waals surface area contributed by atoms with Gasteiger partial charge in [0.25, 0.3) is 0 Å². The van der Waals surface area contributed by atoms with Crippen LogP contribution in [0.4, 0.5) is 0 Å². The minimum absolute atomic E-state index is 0.257. The van der Waals surface area contributed by atoms with Gasteiger partial charge in [0, 0.05) is 24.4 Å². The summed E-state index contributed by atoms with van der Waals surface area (Å²) in [5.41, 5.74) is 7.65. The smallest absolute Gasteiger partial charge is 0.232 e. The van der Waals surface area contributed by atoms with E-state index >= 15 is 0 Å². The predicted molar refractivity (Wildman–Crippen MR) is 84.3 cm³/mol. The van der Waals surface area contributed by atoms with Crippen molar-refractivity contribution in [1.82, 2.24) is 4.90 Å². The van der Waals surface area contributed by atoms with Gasteiger partial charge in [0.1, 0.15) is 4.99 Å². The van der Waals surface area contributed by atoms with Gasteiger partial charge in [-0.3, -0.25) is 4.79 Å². The molecule has 0 aromatic heterocycles. The van der Waals surface area contributed by atoms with Crippen LogP contribution in [0.2, 0.25) is 0 Å². The van der Waals surface area contributed by atoms with Crippen molar-refractivity contribution in [2.75, 3.05) is 18.8 Å². The Bertz CT molecular complexity index is 470. The number of amides is 1. The second kappa shape index (κ2) is 6.91. The molecule has 1 aliphatic rings. The van der Waals surface area contributed by atoms with Crippen molar-refractivity contribution in [3.8, 4) is 0 Å². The molecule has 5 heteroatoms. The molecule has 0 unspecified atom stereocenters. The van der Waals surface area contributed by atoms with Crippen LogP contribution < -0.4 is 5.73 Å². The average molecular weight is 294 g/mol. The molecule has 2 N–H and O–H groups in total. The molecule has 0 atom stereocenters. The van der Waals surface area contributed by atoms with Crippen LogP contribution in [-0.2, 0) is 10.5 Å². The molecule has 3 nitrogen and oxygen atoms in total. The number of thioether (sulfide) groups is 1. The van der Waals surface area contributed by atoms with Crippen LogP contribution in [0.5, 0.6) is 0 Å². The monoisotopic (exact) mass is 294 g/mol. The molecule has 1 fully saturated rings. The molecule has 2 rings (SSSR count). The van der Waals surface area contributed by atoms with Crippen molar-refractivity contribution in [1.29, 1.82) is 0 Å². The van der Waals surface area contributed by atoms with Gasteiger partial charge in [-0.25, -0.2) is 0 Å². The van der Waals surface area contributed by atoms with E-state index in [4.69, 9.17) is 18.0 Å². The van der Waals surface area contributed by atoms with Crippen LogP contribution in [0.15, 0.2) is 24.3 Å². The van der Waals surface area contributed by atoms with E-state index in [0.717, 1.165) is 42.8 Å².